The van der Waals surface area contributed by atoms with Crippen molar-refractivity contribution in [3.63, 3.8) is 0 Å². The Hall–Kier alpha value is -11.8. The number of rotatable bonds is 26. The number of amides is 3. The number of thiazole rings is 1. The van der Waals surface area contributed by atoms with E-state index in [1.807, 2.05) is 0 Å². The van der Waals surface area contributed by atoms with Crippen LogP contribution in [0.15, 0.2) is 175 Å². The fourth-order valence-corrected chi connectivity index (χ4v) is 18.5. The number of methoxy groups -OCH3 is 2. The smallest absolute Gasteiger partial charge is 0.283 e. The van der Waals surface area contributed by atoms with Gasteiger partial charge in [-0.1, -0.05) is 48.3 Å². The lowest BCUT2D eigenvalue weighted by molar-refractivity contribution is -0.134. The molecule has 0 spiro atoms. The third kappa shape index (κ3) is 16.0. The molecule has 3 amide bonds. The van der Waals surface area contributed by atoms with Crippen LogP contribution in [-0.4, -0.2) is 154 Å². The molecule has 0 bridgehead atoms. The molecule has 5 aromatic carbocycles. The number of benzene rings is 5. The van der Waals surface area contributed by atoms with Crippen LogP contribution in [0.5, 0.6) is 11.8 Å². The number of carbonyl (C=O) groups is 3. The van der Waals surface area contributed by atoms with Gasteiger partial charge in [0.05, 0.1) is 117 Å². The van der Waals surface area contributed by atoms with Crippen molar-refractivity contribution in [1.29, 1.82) is 0 Å². The van der Waals surface area contributed by atoms with Gasteiger partial charge in [-0.15, -0.1) is 11.3 Å². The summed E-state index contributed by atoms with van der Waals surface area (Å²) in [5, 5.41) is 26.6. The van der Waals surface area contributed by atoms with E-state index < -0.39 is 152 Å². The molecule has 0 saturated heterocycles. The number of aliphatic hydroxyl groups excluding tert-OH is 2. The van der Waals surface area contributed by atoms with Crippen molar-refractivity contribution >= 4 is 132 Å². The molecule has 7 aromatic heterocycles. The van der Waals surface area contributed by atoms with Gasteiger partial charge < -0.3 is 30.3 Å². The maximum Gasteiger partial charge on any atom is 0.283 e. The number of aliphatic hydroxyl groups is 2. The first-order chi connectivity index (χ1) is 53.1. The minimum absolute atomic E-state index is 0.0187. The number of halogens is 4. The van der Waals surface area contributed by atoms with Gasteiger partial charge in [0.2, 0.25) is 23.6 Å². The number of hydrogen-bond acceptors (Lipinski definition) is 24. The van der Waals surface area contributed by atoms with Crippen molar-refractivity contribution in [1.82, 2.24) is 64.2 Å². The number of pyridine rings is 3. The van der Waals surface area contributed by atoms with Gasteiger partial charge in [-0.25, -0.2) is 64.8 Å². The number of nitrogens with zero attached hydrogens (tertiary/aromatic N) is 13. The number of aryl methyl sites for hydroxylation is 3. The number of hydrogen-bond donors (Lipinski definition) is 5. The largest absolute Gasteiger partial charge is 0.479 e. The van der Waals surface area contributed by atoms with Gasteiger partial charge in [-0.3, -0.25) is 52.2 Å². The lowest BCUT2D eigenvalue weighted by atomic mass is 10.0. The third-order valence-electron chi connectivity index (χ3n) is 17.8. The number of aromatic nitrogens is 10. The number of carbonyl (C=O) groups excluding carboxylic acids is 3. The Morgan fingerprint density at radius 1 is 0.571 bits per heavy atom. The topological polar surface area (TPSA) is 415 Å². The third-order valence-corrected chi connectivity index (χ3v) is 25.3. The van der Waals surface area contributed by atoms with E-state index in [0.717, 1.165) is 95.4 Å². The van der Waals surface area contributed by atoms with Gasteiger partial charge in [0.1, 0.15) is 39.5 Å². The highest BCUT2D eigenvalue weighted by Crippen LogP contribution is 2.40. The second-order valence-corrected chi connectivity index (χ2v) is 32.7. The Bertz CT molecular complexity index is 6400. The van der Waals surface area contributed by atoms with E-state index in [0.29, 0.717) is 41.3 Å². The molecule has 0 aliphatic heterocycles. The minimum Gasteiger partial charge on any atom is -0.479 e. The van der Waals surface area contributed by atoms with E-state index in [1.165, 1.54) is 93.5 Å². The predicted molar refractivity (Wildman–Crippen MR) is 411 cm³/mol. The summed E-state index contributed by atoms with van der Waals surface area (Å²) in [5.41, 5.74) is 0.0425. The Morgan fingerprint density at radius 3 is 1.48 bits per heavy atom. The van der Waals surface area contributed by atoms with E-state index in [1.54, 1.807) is 39.0 Å². The highest BCUT2D eigenvalue weighted by atomic mass is 35.5. The molecule has 7 heterocycles. The first-order valence-electron chi connectivity index (χ1n) is 33.2. The summed E-state index contributed by atoms with van der Waals surface area (Å²) in [5.74, 6) is -6.72. The maximum absolute atomic E-state index is 15.2. The van der Waals surface area contributed by atoms with E-state index in [9.17, 15) is 64.6 Å². The Labute approximate surface area is 649 Å². The minimum atomic E-state index is -5.13. The van der Waals surface area contributed by atoms with Crippen molar-refractivity contribution in [2.75, 3.05) is 48.4 Å². The van der Waals surface area contributed by atoms with Gasteiger partial charge >= 0.3 is 0 Å². The molecular weight excluding hydrogens is 1580 g/mol. The molecule has 32 nitrogen and oxygen atoms in total. The zero-order valence-electron chi connectivity index (χ0n) is 60.0. The number of nitrogens with one attached hydrogen (secondary N) is 3. The quantitative estimate of drug-likeness (QED) is 0.0266. The fraction of sp³-hybridized carbons (Fsp3) is 0.208. The van der Waals surface area contributed by atoms with Crippen molar-refractivity contribution in [3.05, 3.63) is 216 Å². The van der Waals surface area contributed by atoms with Crippen molar-refractivity contribution < 1.29 is 68.1 Å². The number of sulfonamides is 3. The van der Waals surface area contributed by atoms with Gasteiger partial charge in [-0.2, -0.15) is 12.8 Å². The number of fused-ring (bicyclic) bond motifs is 3. The molecular formula is C72H64Cl2F2N16O16S4. The summed E-state index contributed by atoms with van der Waals surface area (Å²) in [6.07, 6.45) is 3.67. The lowest BCUT2D eigenvalue weighted by Crippen LogP contribution is -2.50. The summed E-state index contributed by atoms with van der Waals surface area (Å²) < 4.78 is 134. The van der Waals surface area contributed by atoms with E-state index >= 15 is 8.42 Å². The molecule has 0 saturated carbocycles. The van der Waals surface area contributed by atoms with Crippen molar-refractivity contribution in [2.45, 2.75) is 73.5 Å². The van der Waals surface area contributed by atoms with Crippen molar-refractivity contribution in [3.8, 4) is 45.1 Å². The van der Waals surface area contributed by atoms with Gasteiger partial charge in [0, 0.05) is 55.9 Å². The molecule has 3 atom stereocenters. The zero-order chi connectivity index (χ0) is 80.7. The van der Waals surface area contributed by atoms with Crippen LogP contribution in [-0.2, 0) is 64.1 Å². The summed E-state index contributed by atoms with van der Waals surface area (Å²) in [4.78, 5) is 113. The Balaban J connectivity index is 0.819. The molecule has 0 aliphatic carbocycles. The number of ether oxygens (including phenoxy) is 2. The standard InChI is InChI=1S/C72H64Cl2F2N16O16S4/c1-37(30-88-33-81-54-14-9-41(19-49(54)69(88)98)44-22-57(38(2)78-27-44)86-110(101,102)72-39(3)85-40(4)109-72)68(97)87(6)92(112(105,106)63-18-13-48(76)26-53(63)74)59-24-46(29-80-67(59)108-8)43-11-16-56-51(21-43)71(100)90(35-83-56)32-61(94)65(96)84-36-91(111(103,104)62-17-12-47(75)25-52(62)73)58-23-45(28-79-66(58)107-7)42-10-15-55-50(20-42)70(99)89(34-82-55)31-60(93)64(95)77-5/h9-29,33-35,37,60-61,86,93-94H,30-32,36H2,1-8H3,(H,77,95)(H,84,96)/t37-,60+,61-/m1/s1. The van der Waals surface area contributed by atoms with Gasteiger partial charge in [-0.05, 0) is 128 Å². The van der Waals surface area contributed by atoms with E-state index in [2.05, 4.69) is 50.2 Å². The number of anilines is 3. The van der Waals surface area contributed by atoms with Crippen LogP contribution in [0.4, 0.5) is 25.8 Å². The van der Waals surface area contributed by atoms with Crippen LogP contribution < -0.4 is 50.2 Å². The first-order valence-corrected chi connectivity index (χ1v) is 39.2. The SMILES string of the molecule is CNC(=O)[C@@H](O)Cn1cnc2ccc(-c3cnc(OC)c(N(CNC(=O)[C@H](O)Cn4cnc5ccc(-c6cnc(OC)c(N(N(C)C(=O)[C@H](C)Cn7cnc8ccc(-c9cnc(C)c(NS(=O)(=O)c%10sc(C)nc%10C)c9)cc8c7=O)S(=O)(=O)c7ccc(F)cc7Cl)c6)cc5c4=O)S(=O)(=O)c4ccc(F)cc4Cl)c3)cc2c1=O. The molecule has 12 aromatic rings. The number of likely N-dealkylation sites (N-methyl/N-ethyl adjacent to an activating group) is 1. The number of hydrazine groups is 1. The molecule has 0 unspecified atom stereocenters. The predicted octanol–water partition coefficient (Wildman–Crippen LogP) is 7.13. The summed E-state index contributed by atoms with van der Waals surface area (Å²) in [6, 6.07) is 22.4. The highest BCUT2D eigenvalue weighted by molar-refractivity contribution is 7.94. The summed E-state index contributed by atoms with van der Waals surface area (Å²) >= 11 is 13.8. The molecule has 40 heteroatoms. The maximum atomic E-state index is 15.2. The van der Waals surface area contributed by atoms with Crippen molar-refractivity contribution in [2.24, 2.45) is 5.92 Å². The molecule has 0 radical (unpaired) electrons. The molecule has 580 valence electrons. The highest BCUT2D eigenvalue weighted by Gasteiger charge is 2.39. The van der Waals surface area contributed by atoms with Crippen LogP contribution in [0.2, 0.25) is 10.0 Å². The summed E-state index contributed by atoms with van der Waals surface area (Å²) in [6.45, 7) is 3.64. The van der Waals surface area contributed by atoms with E-state index in [4.69, 9.17) is 32.7 Å². The normalized spacial score (nSPS) is 12.7. The van der Waals surface area contributed by atoms with Crippen LogP contribution in [0.1, 0.15) is 23.3 Å². The van der Waals surface area contributed by atoms with Gasteiger partial charge in [0.25, 0.3) is 52.7 Å². The average Bonchev–Trinajstić information content (AvgIpc) is 0.782. The molecule has 112 heavy (non-hydrogen) atoms. The molecule has 0 fully saturated rings. The van der Waals surface area contributed by atoms with Crippen LogP contribution in [0.3, 0.4) is 0 Å². The second-order valence-electron chi connectivity index (χ2n) is 25.2. The summed E-state index contributed by atoms with van der Waals surface area (Å²) in [7, 11) is -9.47. The van der Waals surface area contributed by atoms with E-state index in [-0.39, 0.29) is 76.4 Å². The zero-order valence-corrected chi connectivity index (χ0v) is 64.8. The Kier molecular flexibility index (Phi) is 22.7. The average molecular weight is 1650 g/mol. The molecule has 12 rings (SSSR count). The fourth-order valence-electron chi connectivity index (χ4n) is 12.1. The molecule has 0 aliphatic rings. The monoisotopic (exact) mass is 1640 g/mol. The first kappa shape index (κ1) is 79.8. The van der Waals surface area contributed by atoms with Crippen LogP contribution in [0, 0.1) is 38.3 Å². The van der Waals surface area contributed by atoms with Crippen LogP contribution >= 0.6 is 34.5 Å². The lowest BCUT2D eigenvalue weighted by Gasteiger charge is -2.35. The molecule has 5 N–H and O–H groups in total. The van der Waals surface area contributed by atoms with Crippen LogP contribution in [0.25, 0.3) is 66.1 Å². The second kappa shape index (κ2) is 31.9. The van der Waals surface area contributed by atoms with Gasteiger partial charge in [0.15, 0.2) is 16.4 Å². The Morgan fingerprint density at radius 2 is 1.02 bits per heavy atom.